The maximum atomic E-state index is 13.4. The van der Waals surface area contributed by atoms with Crippen LogP contribution in [0.25, 0.3) is 0 Å². The number of rotatable bonds is 3. The van der Waals surface area contributed by atoms with Crippen LogP contribution >= 0.6 is 0 Å². The molecule has 162 valence electrons. The Morgan fingerprint density at radius 3 is 2.32 bits per heavy atom. The highest BCUT2D eigenvalue weighted by Crippen LogP contribution is 2.58. The zero-order chi connectivity index (χ0) is 21.5. The Morgan fingerprint density at radius 2 is 1.68 bits per heavy atom. The molecule has 1 atom stereocenters. The Balaban J connectivity index is 1.36. The molecular formula is C24H29N5O2. The van der Waals surface area contributed by atoms with Gasteiger partial charge in [-0.25, -0.2) is 9.97 Å². The highest BCUT2D eigenvalue weighted by Gasteiger charge is 2.65. The highest BCUT2D eigenvalue weighted by atomic mass is 16.2. The van der Waals surface area contributed by atoms with Crippen LogP contribution in [0.1, 0.15) is 24.8 Å². The molecule has 4 heterocycles. The van der Waals surface area contributed by atoms with Gasteiger partial charge in [0.1, 0.15) is 0 Å². The summed E-state index contributed by atoms with van der Waals surface area (Å²) in [5.41, 5.74) is 0.498. The lowest BCUT2D eigenvalue weighted by atomic mass is 9.60. The Kier molecular flexibility index (Phi) is 4.91. The van der Waals surface area contributed by atoms with E-state index in [0.29, 0.717) is 32.0 Å². The topological polar surface area (TPSA) is 69.6 Å². The molecule has 1 aromatic heterocycles. The Labute approximate surface area is 183 Å². The van der Waals surface area contributed by atoms with Gasteiger partial charge in [-0.3, -0.25) is 9.59 Å². The quantitative estimate of drug-likeness (QED) is 0.761. The lowest BCUT2D eigenvalue weighted by Crippen LogP contribution is -2.53. The van der Waals surface area contributed by atoms with Crippen molar-refractivity contribution in [2.75, 3.05) is 44.7 Å². The van der Waals surface area contributed by atoms with Gasteiger partial charge in [0.2, 0.25) is 17.8 Å². The van der Waals surface area contributed by atoms with E-state index in [0.717, 1.165) is 37.9 Å². The molecule has 0 saturated carbocycles. The fourth-order valence-corrected chi connectivity index (χ4v) is 5.94. The summed E-state index contributed by atoms with van der Waals surface area (Å²) < 4.78 is 0. The van der Waals surface area contributed by atoms with Gasteiger partial charge in [-0.2, -0.15) is 0 Å². The van der Waals surface area contributed by atoms with Crippen molar-refractivity contribution < 1.29 is 9.59 Å². The second-order valence-corrected chi connectivity index (χ2v) is 9.29. The zero-order valence-corrected chi connectivity index (χ0v) is 18.0. The van der Waals surface area contributed by atoms with Crippen LogP contribution in [-0.4, -0.2) is 71.4 Å². The van der Waals surface area contributed by atoms with Gasteiger partial charge in [0.25, 0.3) is 0 Å². The first kappa shape index (κ1) is 20.0. The molecule has 2 spiro atoms. The minimum Gasteiger partial charge on any atom is -0.345 e. The SMILES string of the molecule is CN1CCC2(CN(c3ncccn3)CC23CCN(C(=O)Cc2ccccc2)CC3)C1=O. The molecule has 2 amide bonds. The number of fused-ring (bicyclic) bond motifs is 1. The molecule has 1 unspecified atom stereocenters. The normalized spacial score (nSPS) is 25.1. The van der Waals surface area contributed by atoms with Crippen molar-refractivity contribution in [3.8, 4) is 0 Å². The zero-order valence-electron chi connectivity index (χ0n) is 18.0. The molecule has 2 aromatic rings. The second kappa shape index (κ2) is 7.62. The summed E-state index contributed by atoms with van der Waals surface area (Å²) in [7, 11) is 1.91. The molecule has 5 rings (SSSR count). The van der Waals surface area contributed by atoms with Crippen molar-refractivity contribution in [2.24, 2.45) is 10.8 Å². The monoisotopic (exact) mass is 419 g/mol. The number of nitrogens with zero attached hydrogens (tertiary/aromatic N) is 5. The third-order valence-corrected chi connectivity index (χ3v) is 7.71. The highest BCUT2D eigenvalue weighted by molar-refractivity contribution is 5.87. The van der Waals surface area contributed by atoms with Gasteiger partial charge in [0.05, 0.1) is 11.8 Å². The number of aromatic nitrogens is 2. The molecule has 3 fully saturated rings. The van der Waals surface area contributed by atoms with Crippen LogP contribution in [0.15, 0.2) is 48.8 Å². The Hall–Kier alpha value is -2.96. The van der Waals surface area contributed by atoms with E-state index in [4.69, 9.17) is 0 Å². The molecule has 0 aliphatic carbocycles. The van der Waals surface area contributed by atoms with Gasteiger partial charge in [0, 0.05) is 57.6 Å². The molecule has 3 aliphatic rings. The van der Waals surface area contributed by atoms with E-state index in [1.807, 2.05) is 53.2 Å². The van der Waals surface area contributed by atoms with Crippen molar-refractivity contribution in [1.29, 1.82) is 0 Å². The Morgan fingerprint density at radius 1 is 0.968 bits per heavy atom. The average molecular weight is 420 g/mol. The minimum atomic E-state index is -0.407. The molecule has 7 heteroatoms. The number of hydrogen-bond donors (Lipinski definition) is 0. The lowest BCUT2D eigenvalue weighted by molar-refractivity contribution is -0.143. The van der Waals surface area contributed by atoms with Crippen LogP contribution in [0, 0.1) is 10.8 Å². The van der Waals surface area contributed by atoms with Crippen molar-refractivity contribution in [3.05, 3.63) is 54.4 Å². The number of amides is 2. The van der Waals surface area contributed by atoms with Crippen molar-refractivity contribution >= 4 is 17.8 Å². The van der Waals surface area contributed by atoms with Gasteiger partial charge >= 0.3 is 0 Å². The standard InChI is InChI=1S/C24H29N5O2/c1-27-13-10-24(21(27)31)18-29(22-25-11-5-12-26-22)17-23(24)8-14-28(15-9-23)20(30)16-19-6-3-2-4-7-19/h2-7,11-12H,8-10,13-18H2,1H3. The third-order valence-electron chi connectivity index (χ3n) is 7.71. The molecule has 1 aromatic carbocycles. The molecule has 0 N–H and O–H groups in total. The second-order valence-electron chi connectivity index (χ2n) is 9.29. The van der Waals surface area contributed by atoms with E-state index in [-0.39, 0.29) is 17.2 Å². The van der Waals surface area contributed by atoms with Crippen LogP contribution in [-0.2, 0) is 16.0 Å². The third kappa shape index (κ3) is 3.27. The van der Waals surface area contributed by atoms with E-state index in [1.165, 1.54) is 0 Å². The number of hydrogen-bond acceptors (Lipinski definition) is 5. The van der Waals surface area contributed by atoms with E-state index in [1.54, 1.807) is 12.4 Å². The molecule has 31 heavy (non-hydrogen) atoms. The average Bonchev–Trinajstić information content (AvgIpc) is 3.28. The molecule has 0 bridgehead atoms. The van der Waals surface area contributed by atoms with Crippen LogP contribution in [0.2, 0.25) is 0 Å². The number of carbonyl (C=O) groups is 2. The van der Waals surface area contributed by atoms with Crippen LogP contribution in [0.5, 0.6) is 0 Å². The molecule has 3 saturated heterocycles. The number of benzene rings is 1. The summed E-state index contributed by atoms with van der Waals surface area (Å²) in [5.74, 6) is 1.12. The van der Waals surface area contributed by atoms with Crippen LogP contribution in [0.3, 0.4) is 0 Å². The molecule has 3 aliphatic heterocycles. The summed E-state index contributed by atoms with van der Waals surface area (Å²) in [6.45, 7) is 3.64. The number of anilines is 1. The minimum absolute atomic E-state index is 0.141. The fraction of sp³-hybridized carbons (Fsp3) is 0.500. The number of carbonyl (C=O) groups excluding carboxylic acids is 2. The van der Waals surface area contributed by atoms with Gasteiger partial charge in [-0.15, -0.1) is 0 Å². The first-order valence-corrected chi connectivity index (χ1v) is 11.1. The van der Waals surface area contributed by atoms with Gasteiger partial charge in [-0.1, -0.05) is 30.3 Å². The van der Waals surface area contributed by atoms with Gasteiger partial charge in [0.15, 0.2) is 0 Å². The van der Waals surface area contributed by atoms with Crippen LogP contribution in [0.4, 0.5) is 5.95 Å². The first-order chi connectivity index (χ1) is 15.0. The maximum absolute atomic E-state index is 13.4. The van der Waals surface area contributed by atoms with Crippen molar-refractivity contribution in [2.45, 2.75) is 25.7 Å². The van der Waals surface area contributed by atoms with Crippen LogP contribution < -0.4 is 4.90 Å². The summed E-state index contributed by atoms with van der Waals surface area (Å²) in [5, 5.41) is 0. The van der Waals surface area contributed by atoms with Gasteiger partial charge in [-0.05, 0) is 30.9 Å². The number of piperidine rings is 1. The Bertz CT molecular complexity index is 958. The maximum Gasteiger partial charge on any atom is 0.231 e. The van der Waals surface area contributed by atoms with Gasteiger partial charge < -0.3 is 14.7 Å². The number of likely N-dealkylation sites (tertiary alicyclic amines) is 2. The van der Waals surface area contributed by atoms with E-state index >= 15 is 0 Å². The van der Waals surface area contributed by atoms with Crippen molar-refractivity contribution in [3.63, 3.8) is 0 Å². The van der Waals surface area contributed by atoms with E-state index in [2.05, 4.69) is 14.9 Å². The summed E-state index contributed by atoms with van der Waals surface area (Å²) in [4.78, 5) is 41.3. The summed E-state index contributed by atoms with van der Waals surface area (Å²) in [6.07, 6.45) is 6.50. The smallest absolute Gasteiger partial charge is 0.231 e. The predicted molar refractivity (Wildman–Crippen MR) is 117 cm³/mol. The summed E-state index contributed by atoms with van der Waals surface area (Å²) in [6, 6.07) is 11.7. The van der Waals surface area contributed by atoms with Crippen molar-refractivity contribution in [1.82, 2.24) is 19.8 Å². The predicted octanol–water partition coefficient (Wildman–Crippen LogP) is 2.00. The molecule has 7 nitrogen and oxygen atoms in total. The molecule has 0 radical (unpaired) electrons. The molecular weight excluding hydrogens is 390 g/mol. The lowest BCUT2D eigenvalue weighted by Gasteiger charge is -2.46. The fourth-order valence-electron chi connectivity index (χ4n) is 5.94. The van der Waals surface area contributed by atoms with E-state index < -0.39 is 5.41 Å². The largest absolute Gasteiger partial charge is 0.345 e. The summed E-state index contributed by atoms with van der Waals surface area (Å²) >= 11 is 0. The van der Waals surface area contributed by atoms with E-state index in [9.17, 15) is 9.59 Å². The first-order valence-electron chi connectivity index (χ1n) is 11.1.